The lowest BCUT2D eigenvalue weighted by atomic mass is 9.96. The van der Waals surface area contributed by atoms with Crippen molar-refractivity contribution in [1.29, 1.82) is 0 Å². The quantitative estimate of drug-likeness (QED) is 0.674. The van der Waals surface area contributed by atoms with Gasteiger partial charge in [0.2, 0.25) is 0 Å². The zero-order chi connectivity index (χ0) is 17.8. The fourth-order valence-electron chi connectivity index (χ4n) is 3.71. The second-order valence-electron chi connectivity index (χ2n) is 7.01. The summed E-state index contributed by atoms with van der Waals surface area (Å²) < 4.78 is 0. The van der Waals surface area contributed by atoms with Crippen molar-refractivity contribution in [2.75, 3.05) is 31.1 Å². The summed E-state index contributed by atoms with van der Waals surface area (Å²) in [6, 6.07) is 5.62. The minimum absolute atomic E-state index is 0.00459. The average molecular weight is 346 g/mol. The van der Waals surface area contributed by atoms with Crippen LogP contribution in [0.25, 0.3) is 0 Å². The first-order chi connectivity index (χ1) is 12.0. The number of nitrogens with one attached hydrogen (secondary N) is 1. The topological polar surface area (TPSA) is 78.7 Å². The molecule has 0 spiro atoms. The highest BCUT2D eigenvalue weighted by atomic mass is 16.6. The molecule has 2 aliphatic rings. The molecule has 2 fully saturated rings. The molecule has 0 radical (unpaired) electrons. The number of benzene rings is 1. The van der Waals surface area contributed by atoms with Crippen molar-refractivity contribution in [3.05, 3.63) is 33.9 Å². The monoisotopic (exact) mass is 346 g/mol. The Kier molecular flexibility index (Phi) is 5.40. The minimum atomic E-state index is -0.329. The molecule has 0 atom stereocenters. The van der Waals surface area contributed by atoms with E-state index in [0.717, 1.165) is 18.4 Å². The fourth-order valence-corrected chi connectivity index (χ4v) is 3.71. The third-order valence-electron chi connectivity index (χ3n) is 5.17. The van der Waals surface area contributed by atoms with E-state index in [1.165, 1.54) is 19.3 Å². The smallest absolute Gasteiger partial charge is 0.317 e. The highest BCUT2D eigenvalue weighted by Crippen LogP contribution is 2.30. The van der Waals surface area contributed by atoms with Gasteiger partial charge in [-0.2, -0.15) is 0 Å². The number of rotatable bonds is 3. The van der Waals surface area contributed by atoms with E-state index >= 15 is 0 Å². The van der Waals surface area contributed by atoms with Crippen LogP contribution in [0.4, 0.5) is 16.2 Å². The molecular formula is C18H26N4O3. The maximum Gasteiger partial charge on any atom is 0.317 e. The van der Waals surface area contributed by atoms with E-state index in [2.05, 4.69) is 5.32 Å². The Morgan fingerprint density at radius 3 is 2.48 bits per heavy atom. The predicted molar refractivity (Wildman–Crippen MR) is 97.0 cm³/mol. The number of nitrogens with zero attached hydrogens (tertiary/aromatic N) is 3. The van der Waals surface area contributed by atoms with E-state index in [1.807, 2.05) is 28.9 Å². The Labute approximate surface area is 148 Å². The Morgan fingerprint density at radius 1 is 1.16 bits per heavy atom. The Balaban J connectivity index is 1.58. The zero-order valence-electron chi connectivity index (χ0n) is 14.7. The standard InChI is InChI=1S/C18H26N4O3/c1-14-7-8-16(17(13-14)22(24)25)20-9-11-21(12-10-20)18(23)19-15-5-3-2-4-6-15/h7-8,13,15H,2-6,9-12H2,1H3,(H,19,23). The lowest BCUT2D eigenvalue weighted by Crippen LogP contribution is -2.53. The van der Waals surface area contributed by atoms with Gasteiger partial charge in [-0.15, -0.1) is 0 Å². The minimum Gasteiger partial charge on any atom is -0.362 e. The summed E-state index contributed by atoms with van der Waals surface area (Å²) in [7, 11) is 0. The maximum absolute atomic E-state index is 12.4. The van der Waals surface area contributed by atoms with Crippen molar-refractivity contribution in [1.82, 2.24) is 10.2 Å². The molecular weight excluding hydrogens is 320 g/mol. The second-order valence-corrected chi connectivity index (χ2v) is 7.01. The number of hydrogen-bond donors (Lipinski definition) is 1. The number of carbonyl (C=O) groups excluding carboxylic acids is 1. The van der Waals surface area contributed by atoms with Crippen LogP contribution >= 0.6 is 0 Å². The molecule has 1 aromatic carbocycles. The van der Waals surface area contributed by atoms with Gasteiger partial charge in [0.1, 0.15) is 5.69 Å². The first kappa shape index (κ1) is 17.5. The molecule has 1 N–H and O–H groups in total. The van der Waals surface area contributed by atoms with Gasteiger partial charge >= 0.3 is 6.03 Å². The number of urea groups is 1. The third kappa shape index (κ3) is 4.21. The number of nitro groups is 1. The van der Waals surface area contributed by atoms with Gasteiger partial charge in [0, 0.05) is 38.3 Å². The van der Waals surface area contributed by atoms with Crippen molar-refractivity contribution < 1.29 is 9.72 Å². The van der Waals surface area contributed by atoms with Gasteiger partial charge in [0.05, 0.1) is 4.92 Å². The average Bonchev–Trinajstić information content (AvgIpc) is 2.62. The first-order valence-corrected chi connectivity index (χ1v) is 9.10. The van der Waals surface area contributed by atoms with Crippen LogP contribution in [0.15, 0.2) is 18.2 Å². The van der Waals surface area contributed by atoms with E-state index in [9.17, 15) is 14.9 Å². The van der Waals surface area contributed by atoms with Crippen molar-refractivity contribution in [3.63, 3.8) is 0 Å². The highest BCUT2D eigenvalue weighted by Gasteiger charge is 2.27. The van der Waals surface area contributed by atoms with Gasteiger partial charge in [-0.3, -0.25) is 10.1 Å². The normalized spacial score (nSPS) is 18.9. The lowest BCUT2D eigenvalue weighted by Gasteiger charge is -2.36. The van der Waals surface area contributed by atoms with Crippen molar-refractivity contribution >= 4 is 17.4 Å². The van der Waals surface area contributed by atoms with E-state index < -0.39 is 0 Å². The summed E-state index contributed by atoms with van der Waals surface area (Å²) in [5, 5.41) is 14.5. The number of anilines is 1. The molecule has 1 aliphatic heterocycles. The van der Waals surface area contributed by atoms with Crippen LogP contribution in [0.5, 0.6) is 0 Å². The summed E-state index contributed by atoms with van der Waals surface area (Å²) in [6.45, 7) is 4.25. The van der Waals surface area contributed by atoms with E-state index in [0.29, 0.717) is 37.9 Å². The molecule has 1 saturated heterocycles. The third-order valence-corrected chi connectivity index (χ3v) is 5.17. The van der Waals surface area contributed by atoms with Crippen LogP contribution in [-0.2, 0) is 0 Å². The molecule has 25 heavy (non-hydrogen) atoms. The van der Waals surface area contributed by atoms with Gasteiger partial charge < -0.3 is 15.1 Å². The SMILES string of the molecule is Cc1ccc(N2CCN(C(=O)NC3CCCCC3)CC2)c([N+](=O)[O-])c1. The van der Waals surface area contributed by atoms with E-state index in [4.69, 9.17) is 0 Å². The molecule has 1 aromatic rings. The molecule has 0 unspecified atom stereocenters. The molecule has 1 saturated carbocycles. The zero-order valence-corrected chi connectivity index (χ0v) is 14.7. The second kappa shape index (κ2) is 7.72. The van der Waals surface area contributed by atoms with Crippen LogP contribution in [0, 0.1) is 17.0 Å². The molecule has 0 aromatic heterocycles. The molecule has 0 bridgehead atoms. The predicted octanol–water partition coefficient (Wildman–Crippen LogP) is 3.07. The van der Waals surface area contributed by atoms with E-state index in [1.54, 1.807) is 6.07 Å². The van der Waals surface area contributed by atoms with Crippen LogP contribution in [0.1, 0.15) is 37.7 Å². The van der Waals surface area contributed by atoms with Crippen LogP contribution in [-0.4, -0.2) is 48.1 Å². The van der Waals surface area contributed by atoms with Crippen LogP contribution in [0.3, 0.4) is 0 Å². The Morgan fingerprint density at radius 2 is 1.84 bits per heavy atom. The molecule has 3 rings (SSSR count). The van der Waals surface area contributed by atoms with Crippen molar-refractivity contribution in [2.24, 2.45) is 0 Å². The van der Waals surface area contributed by atoms with Gasteiger partial charge in [0.15, 0.2) is 0 Å². The maximum atomic E-state index is 12.4. The number of piperazine rings is 1. The number of carbonyl (C=O) groups is 1. The van der Waals surface area contributed by atoms with Gasteiger partial charge in [0.25, 0.3) is 5.69 Å². The highest BCUT2D eigenvalue weighted by molar-refractivity contribution is 5.75. The molecule has 136 valence electrons. The summed E-state index contributed by atoms with van der Waals surface area (Å²) in [6.07, 6.45) is 5.79. The molecule has 2 amide bonds. The fraction of sp³-hybridized carbons (Fsp3) is 0.611. The number of amides is 2. The number of aryl methyl sites for hydroxylation is 1. The van der Waals surface area contributed by atoms with Crippen LogP contribution in [0.2, 0.25) is 0 Å². The van der Waals surface area contributed by atoms with Crippen molar-refractivity contribution in [3.8, 4) is 0 Å². The lowest BCUT2D eigenvalue weighted by molar-refractivity contribution is -0.384. The molecule has 7 heteroatoms. The van der Waals surface area contributed by atoms with Crippen molar-refractivity contribution in [2.45, 2.75) is 45.1 Å². The summed E-state index contributed by atoms with van der Waals surface area (Å²) in [5.74, 6) is 0. The summed E-state index contributed by atoms with van der Waals surface area (Å²) >= 11 is 0. The van der Waals surface area contributed by atoms with Gasteiger partial charge in [-0.05, 0) is 31.4 Å². The van der Waals surface area contributed by atoms with Gasteiger partial charge in [-0.25, -0.2) is 4.79 Å². The number of hydrogen-bond acceptors (Lipinski definition) is 4. The largest absolute Gasteiger partial charge is 0.362 e. The summed E-state index contributed by atoms with van der Waals surface area (Å²) in [5.41, 5.74) is 1.66. The first-order valence-electron chi connectivity index (χ1n) is 9.10. The van der Waals surface area contributed by atoms with Gasteiger partial charge in [-0.1, -0.05) is 25.3 Å². The summed E-state index contributed by atoms with van der Waals surface area (Å²) in [4.78, 5) is 27.2. The van der Waals surface area contributed by atoms with Crippen LogP contribution < -0.4 is 10.2 Å². The Hall–Kier alpha value is -2.31. The molecule has 7 nitrogen and oxygen atoms in total. The Bertz CT molecular complexity index is 635. The van der Waals surface area contributed by atoms with E-state index in [-0.39, 0.29) is 16.6 Å². The molecule has 1 aliphatic carbocycles. The molecule has 1 heterocycles. The number of nitro benzene ring substituents is 1.